The largest absolute Gasteiger partial charge is 0.356 e. The van der Waals surface area contributed by atoms with Crippen molar-refractivity contribution in [1.82, 2.24) is 14.5 Å². The van der Waals surface area contributed by atoms with Gasteiger partial charge in [0.25, 0.3) is 5.56 Å². The topological polar surface area (TPSA) is 73.1 Å². The first-order valence-corrected chi connectivity index (χ1v) is 13.1. The molecule has 2 heterocycles. The van der Waals surface area contributed by atoms with E-state index in [9.17, 15) is 18.8 Å². The average molecular weight is 486 g/mol. The minimum atomic E-state index is -0.337. The number of hydrogen-bond acceptors (Lipinski definition) is 4. The van der Waals surface area contributed by atoms with Crippen molar-refractivity contribution >= 4 is 27.5 Å². The lowest BCUT2D eigenvalue weighted by Gasteiger charge is -2.28. The highest BCUT2D eigenvalue weighted by Gasteiger charge is 2.27. The van der Waals surface area contributed by atoms with Gasteiger partial charge in [-0.05, 0) is 67.2 Å². The summed E-state index contributed by atoms with van der Waals surface area (Å²) in [5.74, 6) is 0.0103. The van der Waals surface area contributed by atoms with Crippen molar-refractivity contribution in [3.05, 3.63) is 67.9 Å². The lowest BCUT2D eigenvalue weighted by atomic mass is 9.81. The highest BCUT2D eigenvalue weighted by molar-refractivity contribution is 7.17. The molecule has 0 spiro atoms. The van der Waals surface area contributed by atoms with Crippen LogP contribution in [-0.2, 0) is 17.9 Å². The summed E-state index contributed by atoms with van der Waals surface area (Å²) in [5.41, 5.74) is 0.827. The Morgan fingerprint density at radius 2 is 1.79 bits per heavy atom. The van der Waals surface area contributed by atoms with Crippen molar-refractivity contribution in [2.75, 3.05) is 6.54 Å². The Hall–Kier alpha value is -2.74. The molecule has 0 atom stereocenters. The summed E-state index contributed by atoms with van der Waals surface area (Å²) in [4.78, 5) is 39.0. The number of unbranched alkanes of at least 4 members (excludes halogenated alkanes) is 2. The summed E-state index contributed by atoms with van der Waals surface area (Å²) in [6.45, 7) is 3.51. The van der Waals surface area contributed by atoms with Crippen molar-refractivity contribution in [2.45, 2.75) is 65.0 Å². The van der Waals surface area contributed by atoms with E-state index in [2.05, 4.69) is 12.2 Å². The first kappa shape index (κ1) is 24.4. The molecular formula is C26H32FN3O3S. The summed E-state index contributed by atoms with van der Waals surface area (Å²) in [6, 6.07) is 7.86. The Labute approximate surface area is 202 Å². The molecule has 0 bridgehead atoms. The minimum Gasteiger partial charge on any atom is -0.356 e. The van der Waals surface area contributed by atoms with E-state index in [-0.39, 0.29) is 41.4 Å². The molecule has 0 radical (unpaired) electrons. The molecule has 182 valence electrons. The summed E-state index contributed by atoms with van der Waals surface area (Å²) >= 11 is 1.34. The third-order valence-electron chi connectivity index (χ3n) is 6.83. The number of hydrogen-bond donors (Lipinski definition) is 1. The number of fused-ring (bicyclic) bond motifs is 1. The van der Waals surface area contributed by atoms with Gasteiger partial charge in [0.05, 0.1) is 12.1 Å². The van der Waals surface area contributed by atoms with E-state index >= 15 is 0 Å². The normalized spacial score (nSPS) is 18.3. The van der Waals surface area contributed by atoms with Crippen LogP contribution in [0.5, 0.6) is 0 Å². The van der Waals surface area contributed by atoms with Gasteiger partial charge >= 0.3 is 5.69 Å². The molecule has 1 fully saturated rings. The van der Waals surface area contributed by atoms with Crippen LogP contribution in [0.15, 0.2) is 45.3 Å². The lowest BCUT2D eigenvalue weighted by molar-refractivity contribution is -0.126. The van der Waals surface area contributed by atoms with Crippen molar-refractivity contribution < 1.29 is 9.18 Å². The SMILES string of the molecule is CCCCCNC(=O)C1CCC(Cn2c(=O)c3sccc3n(Cc3ccc(F)cc3)c2=O)CC1. The van der Waals surface area contributed by atoms with E-state index in [1.165, 1.54) is 28.0 Å². The molecule has 34 heavy (non-hydrogen) atoms. The molecule has 8 heteroatoms. The summed E-state index contributed by atoms with van der Waals surface area (Å²) in [6.07, 6.45) is 6.46. The number of rotatable bonds is 9. The van der Waals surface area contributed by atoms with E-state index in [0.29, 0.717) is 16.8 Å². The van der Waals surface area contributed by atoms with Crippen LogP contribution < -0.4 is 16.6 Å². The lowest BCUT2D eigenvalue weighted by Crippen LogP contribution is -2.42. The van der Waals surface area contributed by atoms with Crippen LogP contribution in [0, 0.1) is 17.7 Å². The van der Waals surface area contributed by atoms with Gasteiger partial charge in [0.15, 0.2) is 0 Å². The van der Waals surface area contributed by atoms with Crippen molar-refractivity contribution in [2.24, 2.45) is 11.8 Å². The van der Waals surface area contributed by atoms with Gasteiger partial charge in [-0.1, -0.05) is 31.9 Å². The second kappa shape index (κ2) is 11.1. The highest BCUT2D eigenvalue weighted by atomic mass is 32.1. The number of benzene rings is 1. The molecule has 6 nitrogen and oxygen atoms in total. The number of nitrogens with one attached hydrogen (secondary N) is 1. The zero-order valence-electron chi connectivity index (χ0n) is 19.6. The maximum absolute atomic E-state index is 13.4. The fourth-order valence-corrected chi connectivity index (χ4v) is 5.66. The van der Waals surface area contributed by atoms with Gasteiger partial charge in [0.2, 0.25) is 5.91 Å². The third kappa shape index (κ3) is 5.49. The Bertz CT molecular complexity index is 1240. The molecule has 1 amide bonds. The van der Waals surface area contributed by atoms with E-state index in [1.54, 1.807) is 22.8 Å². The van der Waals surface area contributed by atoms with E-state index < -0.39 is 0 Å². The number of carbonyl (C=O) groups excluding carboxylic acids is 1. The Morgan fingerprint density at radius 3 is 2.50 bits per heavy atom. The Morgan fingerprint density at radius 1 is 1.06 bits per heavy atom. The Kier molecular flexibility index (Phi) is 7.98. The van der Waals surface area contributed by atoms with Crippen LogP contribution in [0.25, 0.3) is 10.2 Å². The second-order valence-electron chi connectivity index (χ2n) is 9.26. The molecule has 0 unspecified atom stereocenters. The smallest absolute Gasteiger partial charge is 0.331 e. The van der Waals surface area contributed by atoms with E-state index in [4.69, 9.17) is 0 Å². The maximum Gasteiger partial charge on any atom is 0.331 e. The molecule has 1 N–H and O–H groups in total. The third-order valence-corrected chi connectivity index (χ3v) is 7.72. The average Bonchev–Trinajstić information content (AvgIpc) is 3.34. The van der Waals surface area contributed by atoms with Crippen LogP contribution in [-0.4, -0.2) is 21.6 Å². The number of halogens is 1. The molecule has 3 aromatic rings. The standard InChI is InChI=1S/C26H32FN3O3S/c1-2-3-4-14-28-24(31)20-9-5-18(6-10-20)17-30-25(32)23-22(13-15-34-23)29(26(30)33)16-19-7-11-21(27)12-8-19/h7-8,11-13,15,18,20H,2-6,9-10,14,16-17H2,1H3,(H,28,31). The summed E-state index contributed by atoms with van der Waals surface area (Å²) in [7, 11) is 0. The molecule has 1 saturated carbocycles. The minimum absolute atomic E-state index is 0.0181. The Balaban J connectivity index is 1.47. The molecule has 1 aliphatic rings. The van der Waals surface area contributed by atoms with Crippen molar-refractivity contribution in [3.8, 4) is 0 Å². The predicted molar refractivity (Wildman–Crippen MR) is 134 cm³/mol. The summed E-state index contributed by atoms with van der Waals surface area (Å²) in [5, 5.41) is 4.87. The number of aromatic nitrogens is 2. The van der Waals surface area contributed by atoms with Crippen LogP contribution in [0.2, 0.25) is 0 Å². The van der Waals surface area contributed by atoms with Gasteiger partial charge < -0.3 is 5.32 Å². The number of thiophene rings is 1. The van der Waals surface area contributed by atoms with Gasteiger partial charge in [0.1, 0.15) is 10.5 Å². The number of amides is 1. The fraction of sp³-hybridized carbons (Fsp3) is 0.500. The van der Waals surface area contributed by atoms with Gasteiger partial charge in [-0.3, -0.25) is 18.7 Å². The number of nitrogens with zero attached hydrogens (tertiary/aromatic N) is 2. The van der Waals surface area contributed by atoms with Gasteiger partial charge in [0, 0.05) is 19.0 Å². The first-order valence-electron chi connectivity index (χ1n) is 12.2. The van der Waals surface area contributed by atoms with Crippen LogP contribution >= 0.6 is 11.3 Å². The highest BCUT2D eigenvalue weighted by Crippen LogP contribution is 2.30. The van der Waals surface area contributed by atoms with E-state index in [0.717, 1.165) is 57.1 Å². The zero-order chi connectivity index (χ0) is 24.1. The molecule has 1 aliphatic carbocycles. The second-order valence-corrected chi connectivity index (χ2v) is 10.2. The monoisotopic (exact) mass is 485 g/mol. The molecule has 0 saturated heterocycles. The fourth-order valence-electron chi connectivity index (χ4n) is 4.82. The molecule has 0 aliphatic heterocycles. The van der Waals surface area contributed by atoms with Gasteiger partial charge in [-0.25, -0.2) is 9.18 Å². The van der Waals surface area contributed by atoms with E-state index in [1.807, 2.05) is 5.38 Å². The van der Waals surface area contributed by atoms with Gasteiger partial charge in [-0.2, -0.15) is 0 Å². The molecule has 2 aromatic heterocycles. The van der Waals surface area contributed by atoms with Gasteiger partial charge in [-0.15, -0.1) is 11.3 Å². The van der Waals surface area contributed by atoms with Crippen molar-refractivity contribution in [1.29, 1.82) is 0 Å². The number of carbonyl (C=O) groups is 1. The summed E-state index contributed by atoms with van der Waals surface area (Å²) < 4.78 is 16.8. The molecule has 1 aromatic carbocycles. The maximum atomic E-state index is 13.4. The van der Waals surface area contributed by atoms with Crippen LogP contribution in [0.4, 0.5) is 4.39 Å². The quantitative estimate of drug-likeness (QED) is 0.453. The first-order chi connectivity index (χ1) is 16.5. The molecule has 4 rings (SSSR count). The van der Waals surface area contributed by atoms with Crippen LogP contribution in [0.3, 0.4) is 0 Å². The molecular weight excluding hydrogens is 453 g/mol. The zero-order valence-corrected chi connectivity index (χ0v) is 20.4. The van der Waals surface area contributed by atoms with Crippen LogP contribution in [0.1, 0.15) is 57.4 Å². The predicted octanol–water partition coefficient (Wildman–Crippen LogP) is 4.52. The van der Waals surface area contributed by atoms with Crippen molar-refractivity contribution in [3.63, 3.8) is 0 Å².